The van der Waals surface area contributed by atoms with Crippen LogP contribution in [-0.2, 0) is 19.1 Å². The van der Waals surface area contributed by atoms with Gasteiger partial charge in [0.1, 0.15) is 24.7 Å². The summed E-state index contributed by atoms with van der Waals surface area (Å²) in [6.45, 7) is 12.3. The van der Waals surface area contributed by atoms with E-state index in [0.29, 0.717) is 30.6 Å². The lowest BCUT2D eigenvalue weighted by Gasteiger charge is -2.58. The fourth-order valence-corrected chi connectivity index (χ4v) is 11.2. The highest BCUT2D eigenvalue weighted by Gasteiger charge is 2.59. The van der Waals surface area contributed by atoms with Crippen LogP contribution in [0.3, 0.4) is 0 Å². The van der Waals surface area contributed by atoms with Crippen molar-refractivity contribution >= 4 is 35.7 Å². The molecule has 0 bridgehead atoms. The van der Waals surface area contributed by atoms with E-state index in [0.717, 1.165) is 48.9 Å². The summed E-state index contributed by atoms with van der Waals surface area (Å²) in [5.41, 5.74) is 29.1. The minimum absolute atomic E-state index is 0.0849. The molecule has 10 atom stereocenters. The molecule has 0 aromatic heterocycles. The minimum Gasteiger partial charge on any atom is -0.446 e. The van der Waals surface area contributed by atoms with Crippen LogP contribution in [0.2, 0.25) is 0 Å². The zero-order valence-corrected chi connectivity index (χ0v) is 35.3. The van der Waals surface area contributed by atoms with E-state index in [-0.39, 0.29) is 49.4 Å². The number of allylic oxidation sites excluding steroid dienone is 1. The molecule has 0 aromatic carbocycles. The third-order valence-electron chi connectivity index (χ3n) is 14.1. The Balaban J connectivity index is 1.29. The van der Waals surface area contributed by atoms with Gasteiger partial charge in [-0.15, -0.1) is 0 Å². The van der Waals surface area contributed by atoms with Crippen molar-refractivity contribution in [3.05, 3.63) is 11.6 Å². The highest BCUT2D eigenvalue weighted by atomic mass is 16.6. The lowest BCUT2D eigenvalue weighted by Crippen LogP contribution is -2.54. The van der Waals surface area contributed by atoms with Gasteiger partial charge in [-0.2, -0.15) is 0 Å². The van der Waals surface area contributed by atoms with Gasteiger partial charge in [0.05, 0.1) is 0 Å². The van der Waals surface area contributed by atoms with Crippen LogP contribution in [0.5, 0.6) is 0 Å². The monoisotopic (exact) mass is 799 g/mol. The van der Waals surface area contributed by atoms with Gasteiger partial charge in [0, 0.05) is 19.5 Å². The molecule has 0 unspecified atom stereocenters. The van der Waals surface area contributed by atoms with Gasteiger partial charge in [0.15, 0.2) is 11.9 Å². The smallest absolute Gasteiger partial charge is 0.407 e. The Bertz CT molecular complexity index is 1490. The van der Waals surface area contributed by atoms with Gasteiger partial charge < -0.3 is 49.4 Å². The van der Waals surface area contributed by atoms with Crippen molar-refractivity contribution in [2.24, 2.45) is 85.0 Å². The van der Waals surface area contributed by atoms with Crippen LogP contribution >= 0.6 is 0 Å². The van der Waals surface area contributed by atoms with E-state index in [4.69, 9.17) is 33.4 Å². The number of carbonyl (C=O) groups excluding carboxylic acids is 4. The number of nitrogens with zero attached hydrogens (tertiary/aromatic N) is 2. The summed E-state index contributed by atoms with van der Waals surface area (Å²) < 4.78 is 5.87. The van der Waals surface area contributed by atoms with Crippen molar-refractivity contribution < 1.29 is 23.9 Å². The molecule has 4 aliphatic rings. The van der Waals surface area contributed by atoms with Crippen molar-refractivity contribution in [2.45, 2.75) is 149 Å². The topological polar surface area (TPSA) is 268 Å². The predicted octanol–water partition coefficient (Wildman–Crippen LogP) is 3.68. The number of primary amides is 1. The first-order valence-electron chi connectivity index (χ1n) is 21.6. The summed E-state index contributed by atoms with van der Waals surface area (Å²) >= 11 is 0. The Morgan fingerprint density at radius 3 is 2.11 bits per heavy atom. The quantitative estimate of drug-likeness (QED) is 0.0386. The highest BCUT2D eigenvalue weighted by molar-refractivity contribution is 5.92. The zero-order valence-electron chi connectivity index (χ0n) is 35.3. The van der Waals surface area contributed by atoms with Crippen LogP contribution in [0.15, 0.2) is 21.6 Å². The number of alkyl carbamates (subject to hydrolysis) is 1. The number of fused-ring (bicyclic) bond motifs is 5. The first kappa shape index (κ1) is 45.7. The molecule has 4 aliphatic carbocycles. The van der Waals surface area contributed by atoms with Crippen LogP contribution in [0.25, 0.3) is 0 Å². The van der Waals surface area contributed by atoms with E-state index in [1.807, 2.05) is 0 Å². The third kappa shape index (κ3) is 12.2. The molecule has 57 heavy (non-hydrogen) atoms. The third-order valence-corrected chi connectivity index (χ3v) is 14.1. The highest BCUT2D eigenvalue weighted by Crippen LogP contribution is 2.67. The Morgan fingerprint density at radius 1 is 0.807 bits per heavy atom. The molecule has 0 aliphatic heterocycles. The second-order valence-electron chi connectivity index (χ2n) is 18.4. The second-order valence-corrected chi connectivity index (χ2v) is 18.4. The summed E-state index contributed by atoms with van der Waals surface area (Å²) in [5, 5.41) is 7.82. The Labute approximate surface area is 340 Å². The Kier molecular flexibility index (Phi) is 16.5. The number of guanidine groups is 2. The average Bonchev–Trinajstić information content (AvgIpc) is 3.50. The molecule has 0 radical (unpaired) electrons. The Hall–Kier alpha value is -4.04. The van der Waals surface area contributed by atoms with Crippen LogP contribution in [-0.4, -0.2) is 73.6 Å². The van der Waals surface area contributed by atoms with E-state index < -0.39 is 42.4 Å². The molecular weight excluding hydrogens is 725 g/mol. The lowest BCUT2D eigenvalue weighted by molar-refractivity contribution is -0.131. The number of rotatable bonds is 20. The molecule has 0 saturated heterocycles. The van der Waals surface area contributed by atoms with Crippen molar-refractivity contribution in [1.29, 1.82) is 0 Å². The molecule has 15 nitrogen and oxygen atoms in total. The van der Waals surface area contributed by atoms with E-state index in [9.17, 15) is 19.2 Å². The number of ether oxygens (including phenoxy) is 1. The number of nitrogens with one attached hydrogen (secondary N) is 3. The van der Waals surface area contributed by atoms with Crippen molar-refractivity contribution in [2.75, 3.05) is 19.6 Å². The molecule has 4 amide bonds. The molecule has 4 rings (SSSR count). The number of aliphatic imine (C=N–C) groups is 2. The molecule has 15 heteroatoms. The van der Waals surface area contributed by atoms with E-state index >= 15 is 0 Å². The SMILES string of the molecule is CC(C)CCC[C@@H](C)[C@H]1CC[C@H]2[C@@H]3CC=C4C[C@@H](OC(=O)NCC(=O)N[C@@H](CCCN=C(N)N)C(=O)N[C@@H](CCCN=C(N)N)C(N)=O)CC[C@]4(C)[C@H]3CC[C@]12C. The summed E-state index contributed by atoms with van der Waals surface area (Å²) in [6, 6.07) is -2.06. The molecular formula is C42H74N10O5. The number of carbonyl (C=O) groups is 4. The standard InChI is InChI=1S/C42H74N10O5/c1-25(2)9-6-10-26(3)30-15-16-31-29-14-13-27-23-28(17-19-41(27,4)32(29)18-20-42(30,31)5)57-40(56)50-24-35(53)51-34(12-8-22-49-39(46)47)37(55)52-33(36(43)54)11-7-21-48-38(44)45/h13,25-26,28-34H,6-12,14-24H2,1-5H3,(H2,43,54)(H,50,56)(H,51,53)(H,52,55)(H4,44,45,48)(H4,46,47,49)/t26-,28+,29+,30-,31+,32+,33+,34+,41+,42-/m1/s1. The van der Waals surface area contributed by atoms with Gasteiger partial charge in [-0.25, -0.2) is 4.79 Å². The number of amides is 4. The van der Waals surface area contributed by atoms with Crippen molar-refractivity contribution in [3.8, 4) is 0 Å². The first-order valence-corrected chi connectivity index (χ1v) is 21.6. The maximum atomic E-state index is 13.3. The maximum absolute atomic E-state index is 13.3. The Morgan fingerprint density at radius 2 is 1.47 bits per heavy atom. The summed E-state index contributed by atoms with van der Waals surface area (Å²) in [5.74, 6) is 2.42. The molecule has 0 spiro atoms. The van der Waals surface area contributed by atoms with Gasteiger partial charge in [-0.1, -0.05) is 65.5 Å². The molecule has 3 saturated carbocycles. The second kappa shape index (κ2) is 20.6. The van der Waals surface area contributed by atoms with Gasteiger partial charge in [-0.3, -0.25) is 24.4 Å². The normalized spacial score (nSPS) is 29.2. The fourth-order valence-electron chi connectivity index (χ4n) is 11.2. The zero-order chi connectivity index (χ0) is 41.9. The van der Waals surface area contributed by atoms with Gasteiger partial charge >= 0.3 is 6.09 Å². The van der Waals surface area contributed by atoms with Gasteiger partial charge in [0.25, 0.3) is 0 Å². The fraction of sp³-hybridized carbons (Fsp3) is 0.810. The van der Waals surface area contributed by atoms with E-state index in [1.165, 1.54) is 50.5 Å². The van der Waals surface area contributed by atoms with Crippen molar-refractivity contribution in [1.82, 2.24) is 16.0 Å². The van der Waals surface area contributed by atoms with E-state index in [1.54, 1.807) is 0 Å². The maximum Gasteiger partial charge on any atom is 0.407 e. The van der Waals surface area contributed by atoms with Crippen molar-refractivity contribution in [3.63, 3.8) is 0 Å². The summed E-state index contributed by atoms with van der Waals surface area (Å²) in [6.07, 6.45) is 15.5. The lowest BCUT2D eigenvalue weighted by atomic mass is 9.47. The number of hydrogen-bond donors (Lipinski definition) is 8. The largest absolute Gasteiger partial charge is 0.446 e. The van der Waals surface area contributed by atoms with Crippen LogP contribution < -0.4 is 44.6 Å². The number of hydrogen-bond acceptors (Lipinski definition) is 7. The molecule has 13 N–H and O–H groups in total. The summed E-state index contributed by atoms with van der Waals surface area (Å²) in [4.78, 5) is 59.2. The average molecular weight is 799 g/mol. The molecule has 322 valence electrons. The molecule has 0 heterocycles. The minimum atomic E-state index is -1.05. The van der Waals surface area contributed by atoms with Crippen LogP contribution in [0.1, 0.15) is 131 Å². The molecule has 3 fully saturated rings. The first-order chi connectivity index (χ1) is 26.9. The van der Waals surface area contributed by atoms with E-state index in [2.05, 4.69) is 66.6 Å². The van der Waals surface area contributed by atoms with Gasteiger partial charge in [-0.05, 0) is 117 Å². The van der Waals surface area contributed by atoms with Gasteiger partial charge in [0.2, 0.25) is 17.7 Å². The van der Waals surface area contributed by atoms with Crippen LogP contribution in [0.4, 0.5) is 4.79 Å². The molecule has 0 aromatic rings. The summed E-state index contributed by atoms with van der Waals surface area (Å²) in [7, 11) is 0. The number of nitrogens with two attached hydrogens (primary N) is 5. The predicted molar refractivity (Wildman–Crippen MR) is 224 cm³/mol. The van der Waals surface area contributed by atoms with Crippen LogP contribution in [0, 0.1) is 46.3 Å².